The third kappa shape index (κ3) is 5.40. The number of hydrogen-bond acceptors (Lipinski definition) is 7. The molecule has 5 N–H and O–H groups in total. The predicted molar refractivity (Wildman–Crippen MR) is 187 cm³/mol. The molecule has 0 unspecified atom stereocenters. The summed E-state index contributed by atoms with van der Waals surface area (Å²) in [4.78, 5) is 57.8. The SMILES string of the molecule is C=C[C@@H]1C[C@]1(NC(=O)[C@@H]1C[C@@]2(CN1C(=O)[C@@H](NC(=O)[C@@H](N)C1CCCCC1)C(=C)C)C(C)(C)C21CCC1)C(=O)NS(=O)(=O)C1(CCC)CC1. The summed E-state index contributed by atoms with van der Waals surface area (Å²) in [7, 11) is -3.96. The highest BCUT2D eigenvalue weighted by molar-refractivity contribution is 7.91. The Balaban J connectivity index is 1.25. The molecule has 12 heteroatoms. The second kappa shape index (κ2) is 12.2. The van der Waals surface area contributed by atoms with Crippen LogP contribution < -0.4 is 21.1 Å². The van der Waals surface area contributed by atoms with Crippen molar-refractivity contribution in [1.82, 2.24) is 20.3 Å². The second-order valence-corrected chi connectivity index (χ2v) is 19.0. The number of amides is 4. The van der Waals surface area contributed by atoms with E-state index in [-0.39, 0.29) is 28.6 Å². The summed E-state index contributed by atoms with van der Waals surface area (Å²) in [6.07, 6.45) is 12.4. The number of rotatable bonds is 13. The molecular weight excluding hydrogens is 643 g/mol. The summed E-state index contributed by atoms with van der Waals surface area (Å²) in [6.45, 7) is 16.3. The zero-order valence-corrected chi connectivity index (χ0v) is 30.7. The molecule has 0 radical (unpaired) electrons. The van der Waals surface area contributed by atoms with Gasteiger partial charge in [0.2, 0.25) is 27.7 Å². The molecule has 1 aliphatic heterocycles. The van der Waals surface area contributed by atoms with Gasteiger partial charge < -0.3 is 21.3 Å². The smallest absolute Gasteiger partial charge is 0.259 e. The summed E-state index contributed by atoms with van der Waals surface area (Å²) in [5.41, 5.74) is 5.01. The molecule has 272 valence electrons. The molecule has 0 aromatic carbocycles. The van der Waals surface area contributed by atoms with E-state index in [1.54, 1.807) is 17.9 Å². The normalized spacial score (nSPS) is 33.1. The highest BCUT2D eigenvalue weighted by atomic mass is 32.2. The lowest BCUT2D eigenvalue weighted by Gasteiger charge is -2.33. The van der Waals surface area contributed by atoms with Crippen molar-refractivity contribution in [3.63, 3.8) is 0 Å². The van der Waals surface area contributed by atoms with Crippen LogP contribution in [0.15, 0.2) is 24.8 Å². The first-order chi connectivity index (χ1) is 23.0. The van der Waals surface area contributed by atoms with Crippen LogP contribution in [0, 0.1) is 28.1 Å². The number of likely N-dealkylation sites (tertiary alicyclic amines) is 1. The number of fused-ring (bicyclic) bond motifs is 1. The molecule has 6 fully saturated rings. The van der Waals surface area contributed by atoms with E-state index in [0.717, 1.165) is 51.4 Å². The van der Waals surface area contributed by atoms with E-state index in [1.165, 1.54) is 0 Å². The topological polar surface area (TPSA) is 168 Å². The Bertz CT molecular complexity index is 1540. The largest absolute Gasteiger partial charge is 0.339 e. The molecule has 0 aromatic rings. The minimum Gasteiger partial charge on any atom is -0.339 e. The van der Waals surface area contributed by atoms with E-state index >= 15 is 0 Å². The minimum atomic E-state index is -3.96. The highest BCUT2D eigenvalue weighted by Crippen LogP contribution is 2.88. The van der Waals surface area contributed by atoms with Crippen molar-refractivity contribution in [3.05, 3.63) is 24.8 Å². The summed E-state index contributed by atoms with van der Waals surface area (Å²) in [5.74, 6) is -2.48. The van der Waals surface area contributed by atoms with Crippen molar-refractivity contribution in [3.8, 4) is 0 Å². The number of nitrogens with one attached hydrogen (secondary N) is 3. The Morgan fingerprint density at radius 3 is 2.14 bits per heavy atom. The first-order valence-electron chi connectivity index (χ1n) is 18.5. The number of nitrogens with two attached hydrogens (primary N) is 1. The van der Waals surface area contributed by atoms with Crippen LogP contribution in [0.1, 0.15) is 118 Å². The second-order valence-electron chi connectivity index (χ2n) is 16.9. The number of hydrogen-bond donors (Lipinski definition) is 4. The van der Waals surface area contributed by atoms with Gasteiger partial charge in [0.05, 0.1) is 10.8 Å². The molecule has 11 nitrogen and oxygen atoms in total. The first-order valence-corrected chi connectivity index (χ1v) is 20.0. The zero-order chi connectivity index (χ0) is 35.8. The Kier molecular flexibility index (Phi) is 8.98. The fourth-order valence-corrected chi connectivity index (χ4v) is 12.2. The van der Waals surface area contributed by atoms with Crippen molar-refractivity contribution in [2.75, 3.05) is 6.54 Å². The van der Waals surface area contributed by atoms with Crippen LogP contribution in [0.4, 0.5) is 0 Å². The zero-order valence-electron chi connectivity index (χ0n) is 29.9. The predicted octanol–water partition coefficient (Wildman–Crippen LogP) is 3.59. The van der Waals surface area contributed by atoms with Gasteiger partial charge in [0.15, 0.2) is 0 Å². The van der Waals surface area contributed by atoms with Gasteiger partial charge in [0.25, 0.3) is 5.91 Å². The maximum atomic E-state index is 14.5. The third-order valence-corrected chi connectivity index (χ3v) is 16.5. The fraction of sp³-hybridized carbons (Fsp3) is 0.784. The van der Waals surface area contributed by atoms with Crippen molar-refractivity contribution >= 4 is 33.7 Å². The van der Waals surface area contributed by atoms with Crippen molar-refractivity contribution in [1.29, 1.82) is 0 Å². The van der Waals surface area contributed by atoms with E-state index in [0.29, 0.717) is 44.2 Å². The van der Waals surface area contributed by atoms with Gasteiger partial charge in [-0.1, -0.05) is 65.5 Å². The molecule has 6 aliphatic rings. The Hall–Kier alpha value is -2.73. The standard InChI is InChI=1S/C37H57N5O6S/c1-7-15-34(18-19-34)49(47,48)41-32(46)37(20-25(37)8-2)40-29(43)26-21-36(33(5,6)35(36)16-12-17-35)22-42(26)31(45)28(23(3)4)39-30(44)27(38)24-13-10-9-11-14-24/h8,24-28H,2-3,7,9-22,38H2,1,4-6H3,(H,39,44)(H,40,43)(H,41,46)/t25-,26+,27+,28+,36-,37-/m1/s1. The van der Waals surface area contributed by atoms with E-state index < -0.39 is 68.0 Å². The van der Waals surface area contributed by atoms with Crippen LogP contribution in [0.2, 0.25) is 0 Å². The lowest BCUT2D eigenvalue weighted by molar-refractivity contribution is -0.141. The van der Waals surface area contributed by atoms with Crippen molar-refractivity contribution in [2.24, 2.45) is 33.8 Å². The molecule has 5 aliphatic carbocycles. The van der Waals surface area contributed by atoms with Crippen LogP contribution in [-0.2, 0) is 29.2 Å². The number of nitrogens with zero attached hydrogens (tertiary/aromatic N) is 1. The molecule has 6 atom stereocenters. The Morgan fingerprint density at radius 1 is 1.00 bits per heavy atom. The summed E-state index contributed by atoms with van der Waals surface area (Å²) >= 11 is 0. The van der Waals surface area contributed by atoms with Gasteiger partial charge in [-0.3, -0.25) is 23.9 Å². The average Bonchev–Trinajstić information content (AvgIpc) is 3.97. The first kappa shape index (κ1) is 36.1. The van der Waals surface area contributed by atoms with Crippen LogP contribution in [0.5, 0.6) is 0 Å². The lowest BCUT2D eigenvalue weighted by atomic mass is 9.73. The maximum Gasteiger partial charge on any atom is 0.259 e. The van der Waals surface area contributed by atoms with Crippen LogP contribution >= 0.6 is 0 Å². The van der Waals surface area contributed by atoms with Gasteiger partial charge in [0.1, 0.15) is 17.6 Å². The van der Waals surface area contributed by atoms with E-state index in [2.05, 4.69) is 42.4 Å². The van der Waals surface area contributed by atoms with Gasteiger partial charge in [-0.25, -0.2) is 8.42 Å². The van der Waals surface area contributed by atoms with Gasteiger partial charge in [-0.2, -0.15) is 0 Å². The molecule has 0 bridgehead atoms. The minimum absolute atomic E-state index is 0.0170. The van der Waals surface area contributed by atoms with E-state index in [1.807, 2.05) is 6.92 Å². The molecule has 49 heavy (non-hydrogen) atoms. The maximum absolute atomic E-state index is 14.5. The Labute approximate surface area is 292 Å². The van der Waals surface area contributed by atoms with Crippen molar-refractivity contribution < 1.29 is 27.6 Å². The molecule has 5 saturated carbocycles. The number of carbonyl (C=O) groups excluding carboxylic acids is 4. The molecule has 1 heterocycles. The third-order valence-electron chi connectivity index (χ3n) is 14.2. The van der Waals surface area contributed by atoms with E-state index in [9.17, 15) is 27.6 Å². The van der Waals surface area contributed by atoms with Gasteiger partial charge in [-0.05, 0) is 87.0 Å². The molecule has 2 spiro atoms. The molecule has 0 aromatic heterocycles. The van der Waals surface area contributed by atoms with Crippen molar-refractivity contribution in [2.45, 2.75) is 146 Å². The molecule has 1 saturated heterocycles. The highest BCUT2D eigenvalue weighted by Gasteiger charge is 2.85. The molecule has 4 amide bonds. The summed E-state index contributed by atoms with van der Waals surface area (Å²) in [5, 5.41) is 5.82. The Morgan fingerprint density at radius 2 is 1.65 bits per heavy atom. The van der Waals surface area contributed by atoms with Crippen LogP contribution in [-0.4, -0.2) is 71.9 Å². The van der Waals surface area contributed by atoms with Gasteiger partial charge >= 0.3 is 0 Å². The monoisotopic (exact) mass is 699 g/mol. The van der Waals surface area contributed by atoms with E-state index in [4.69, 9.17) is 5.73 Å². The summed E-state index contributed by atoms with van der Waals surface area (Å²) in [6, 6.07) is -2.73. The number of carbonyl (C=O) groups is 4. The fourth-order valence-electron chi connectivity index (χ4n) is 10.5. The van der Waals surface area contributed by atoms with Gasteiger partial charge in [-0.15, -0.1) is 6.58 Å². The average molecular weight is 700 g/mol. The molecule has 6 rings (SSSR count). The van der Waals surface area contributed by atoms with Gasteiger partial charge in [0, 0.05) is 17.9 Å². The van der Waals surface area contributed by atoms with Crippen LogP contribution in [0.25, 0.3) is 0 Å². The summed E-state index contributed by atoms with van der Waals surface area (Å²) < 4.78 is 28.1. The lowest BCUT2D eigenvalue weighted by Crippen LogP contribution is -2.59. The quantitative estimate of drug-likeness (QED) is 0.213. The van der Waals surface area contributed by atoms with Crippen LogP contribution in [0.3, 0.4) is 0 Å². The molecular formula is C37H57N5O6S. The number of sulfonamides is 1.